The molecule has 0 aliphatic rings. The normalized spacial score (nSPS) is 9.89. The molecule has 0 fully saturated rings. The molecular weight excluding hydrogens is 234 g/mol. The minimum atomic E-state index is -0.776. The molecule has 4 N–H and O–H groups in total. The van der Waals surface area contributed by atoms with Gasteiger partial charge in [-0.15, -0.1) is 0 Å². The monoisotopic (exact) mass is 253 g/mol. The first-order valence-electron chi connectivity index (χ1n) is 5.87. The van der Waals surface area contributed by atoms with Gasteiger partial charge in [0, 0.05) is 19.5 Å². The highest BCUT2D eigenvalue weighted by molar-refractivity contribution is 5.64. The summed E-state index contributed by atoms with van der Waals surface area (Å²) in [6.07, 6.45) is 1.03. The molecule has 1 amide bonds. The number of rotatable bonds is 7. The number of nitrogens with two attached hydrogens (primary N) is 1. The molecule has 0 aliphatic carbocycles. The van der Waals surface area contributed by atoms with E-state index in [1.54, 1.807) is 13.1 Å². The molecule has 0 aromatic carbocycles. The fraction of sp³-hybridized carbons (Fsp3) is 0.545. The van der Waals surface area contributed by atoms with Crippen LogP contribution in [0.3, 0.4) is 0 Å². The number of carbonyl (C=O) groups is 1. The summed E-state index contributed by atoms with van der Waals surface area (Å²) in [7, 11) is 1.80. The first kappa shape index (κ1) is 14.0. The maximum Gasteiger partial charge on any atom is 0.404 e. The van der Waals surface area contributed by atoms with Crippen LogP contribution in [0.4, 0.5) is 16.4 Å². The summed E-state index contributed by atoms with van der Waals surface area (Å²) < 4.78 is 4.62. The van der Waals surface area contributed by atoms with Crippen LogP contribution in [-0.4, -0.2) is 36.3 Å². The van der Waals surface area contributed by atoms with Gasteiger partial charge in [0.25, 0.3) is 0 Å². The molecule has 1 rings (SSSR count). The maximum atomic E-state index is 10.4. The summed E-state index contributed by atoms with van der Waals surface area (Å²) in [4.78, 5) is 19.1. The van der Waals surface area contributed by atoms with E-state index >= 15 is 0 Å². The third-order valence-electron chi connectivity index (χ3n) is 2.15. The zero-order chi connectivity index (χ0) is 13.4. The summed E-state index contributed by atoms with van der Waals surface area (Å²) in [6, 6.07) is 1.80. The average Bonchev–Trinajstić information content (AvgIpc) is 2.34. The van der Waals surface area contributed by atoms with Gasteiger partial charge in [0.2, 0.25) is 0 Å². The molecule has 7 nitrogen and oxygen atoms in total. The predicted molar refractivity (Wildman–Crippen MR) is 69.6 cm³/mol. The summed E-state index contributed by atoms with van der Waals surface area (Å²) >= 11 is 0. The number of ether oxygens (including phenoxy) is 1. The standard InChI is InChI=1S/C11H19N5O2/c1-3-4-8-15-9(13-2)7-10(16-8)14-5-6-18-11(12)17/h7H,3-6H2,1-2H3,(H2,12,17)(H2,13,14,15,16). The number of nitrogens with one attached hydrogen (secondary N) is 2. The zero-order valence-corrected chi connectivity index (χ0v) is 10.7. The number of aromatic nitrogens is 2. The molecule has 7 heteroatoms. The SMILES string of the molecule is CCCc1nc(NC)cc(NCCOC(N)=O)n1. The van der Waals surface area contributed by atoms with Gasteiger partial charge in [-0.2, -0.15) is 0 Å². The van der Waals surface area contributed by atoms with E-state index < -0.39 is 6.09 Å². The van der Waals surface area contributed by atoms with Gasteiger partial charge >= 0.3 is 6.09 Å². The van der Waals surface area contributed by atoms with E-state index in [9.17, 15) is 4.79 Å². The molecule has 0 bridgehead atoms. The van der Waals surface area contributed by atoms with Crippen LogP contribution in [0.2, 0.25) is 0 Å². The molecule has 0 saturated carbocycles. The molecule has 100 valence electrons. The fourth-order valence-corrected chi connectivity index (χ4v) is 1.38. The second-order valence-electron chi connectivity index (χ2n) is 3.65. The summed E-state index contributed by atoms with van der Waals surface area (Å²) in [6.45, 7) is 2.73. The van der Waals surface area contributed by atoms with Crippen LogP contribution in [0.25, 0.3) is 0 Å². The van der Waals surface area contributed by atoms with Gasteiger partial charge in [-0.1, -0.05) is 6.92 Å². The highest BCUT2D eigenvalue weighted by Gasteiger charge is 2.03. The Morgan fingerprint density at radius 3 is 2.78 bits per heavy atom. The molecule has 0 saturated heterocycles. The largest absolute Gasteiger partial charge is 0.448 e. The van der Waals surface area contributed by atoms with E-state index in [0.717, 1.165) is 24.5 Å². The first-order valence-corrected chi connectivity index (χ1v) is 5.87. The van der Waals surface area contributed by atoms with Gasteiger partial charge < -0.3 is 21.1 Å². The van der Waals surface area contributed by atoms with Crippen LogP contribution < -0.4 is 16.4 Å². The van der Waals surface area contributed by atoms with E-state index in [1.165, 1.54) is 0 Å². The lowest BCUT2D eigenvalue weighted by molar-refractivity contribution is 0.161. The Bertz CT molecular complexity index is 397. The highest BCUT2D eigenvalue weighted by Crippen LogP contribution is 2.11. The number of carbonyl (C=O) groups excluding carboxylic acids is 1. The molecular formula is C11H19N5O2. The van der Waals surface area contributed by atoms with Crippen molar-refractivity contribution in [3.63, 3.8) is 0 Å². The van der Waals surface area contributed by atoms with Gasteiger partial charge in [0.1, 0.15) is 24.1 Å². The van der Waals surface area contributed by atoms with Crippen molar-refractivity contribution in [2.75, 3.05) is 30.8 Å². The molecule has 1 aromatic rings. The van der Waals surface area contributed by atoms with Gasteiger partial charge in [0.15, 0.2) is 0 Å². The van der Waals surface area contributed by atoms with Crippen LogP contribution >= 0.6 is 0 Å². The van der Waals surface area contributed by atoms with Crippen molar-refractivity contribution in [2.24, 2.45) is 5.73 Å². The fourth-order valence-electron chi connectivity index (χ4n) is 1.38. The smallest absolute Gasteiger partial charge is 0.404 e. The lowest BCUT2D eigenvalue weighted by Crippen LogP contribution is -2.19. The predicted octanol–water partition coefficient (Wildman–Crippen LogP) is 0.978. The number of hydrogen-bond donors (Lipinski definition) is 3. The lowest BCUT2D eigenvalue weighted by Gasteiger charge is -2.09. The third kappa shape index (κ3) is 4.86. The molecule has 0 spiro atoms. The number of anilines is 2. The van der Waals surface area contributed by atoms with Gasteiger partial charge in [-0.05, 0) is 6.42 Å². The van der Waals surface area contributed by atoms with Crippen molar-refractivity contribution in [3.8, 4) is 0 Å². The maximum absolute atomic E-state index is 10.4. The Morgan fingerprint density at radius 2 is 2.17 bits per heavy atom. The Kier molecular flexibility index (Phi) is 5.69. The minimum Gasteiger partial charge on any atom is -0.448 e. The first-order chi connectivity index (χ1) is 8.65. The molecule has 0 unspecified atom stereocenters. The number of hydrogen-bond acceptors (Lipinski definition) is 6. The quantitative estimate of drug-likeness (QED) is 0.626. The number of nitrogens with zero attached hydrogens (tertiary/aromatic N) is 2. The van der Waals surface area contributed by atoms with Crippen molar-refractivity contribution < 1.29 is 9.53 Å². The van der Waals surface area contributed by atoms with Crippen molar-refractivity contribution in [2.45, 2.75) is 19.8 Å². The van der Waals surface area contributed by atoms with Crippen molar-refractivity contribution in [1.29, 1.82) is 0 Å². The van der Waals surface area contributed by atoms with Crippen molar-refractivity contribution in [3.05, 3.63) is 11.9 Å². The second-order valence-corrected chi connectivity index (χ2v) is 3.65. The molecule has 1 heterocycles. The Hall–Kier alpha value is -2.05. The van der Waals surface area contributed by atoms with Gasteiger partial charge in [-0.25, -0.2) is 14.8 Å². The molecule has 0 aliphatic heterocycles. The Labute approximate surface area is 106 Å². The van der Waals surface area contributed by atoms with E-state index in [0.29, 0.717) is 12.4 Å². The second kappa shape index (κ2) is 7.31. The molecule has 0 atom stereocenters. The Morgan fingerprint density at radius 1 is 1.44 bits per heavy atom. The summed E-state index contributed by atoms with van der Waals surface area (Å²) in [5, 5.41) is 6.03. The van der Waals surface area contributed by atoms with E-state index in [-0.39, 0.29) is 6.61 Å². The summed E-state index contributed by atoms with van der Waals surface area (Å²) in [5.74, 6) is 2.24. The highest BCUT2D eigenvalue weighted by atomic mass is 16.5. The Balaban J connectivity index is 2.57. The van der Waals surface area contributed by atoms with Gasteiger partial charge in [0.05, 0.1) is 6.54 Å². The van der Waals surface area contributed by atoms with E-state index in [2.05, 4.69) is 32.3 Å². The zero-order valence-electron chi connectivity index (χ0n) is 10.7. The number of amides is 1. The molecule has 18 heavy (non-hydrogen) atoms. The average molecular weight is 253 g/mol. The van der Waals surface area contributed by atoms with E-state index in [1.807, 2.05) is 0 Å². The van der Waals surface area contributed by atoms with Crippen LogP contribution in [0.15, 0.2) is 6.07 Å². The van der Waals surface area contributed by atoms with Crippen LogP contribution in [0.1, 0.15) is 19.2 Å². The molecule has 0 radical (unpaired) electrons. The van der Waals surface area contributed by atoms with Crippen molar-refractivity contribution in [1.82, 2.24) is 9.97 Å². The van der Waals surface area contributed by atoms with Crippen LogP contribution in [0, 0.1) is 0 Å². The molecule has 1 aromatic heterocycles. The topological polar surface area (TPSA) is 102 Å². The van der Waals surface area contributed by atoms with Crippen LogP contribution in [0.5, 0.6) is 0 Å². The van der Waals surface area contributed by atoms with Crippen LogP contribution in [-0.2, 0) is 11.2 Å². The minimum absolute atomic E-state index is 0.206. The van der Waals surface area contributed by atoms with Gasteiger partial charge in [-0.3, -0.25) is 0 Å². The number of primary amides is 1. The lowest BCUT2D eigenvalue weighted by atomic mass is 10.3. The number of aryl methyl sites for hydroxylation is 1. The van der Waals surface area contributed by atoms with E-state index in [4.69, 9.17) is 5.73 Å². The third-order valence-corrected chi connectivity index (χ3v) is 2.15. The summed E-state index contributed by atoms with van der Waals surface area (Å²) in [5.41, 5.74) is 4.86. The van der Waals surface area contributed by atoms with Crippen molar-refractivity contribution >= 4 is 17.7 Å².